The first-order chi connectivity index (χ1) is 28.0. The first-order valence-corrected chi connectivity index (χ1v) is 20.0. The third-order valence-electron chi connectivity index (χ3n) is 12.7. The second-order valence-corrected chi connectivity index (χ2v) is 16.1. The molecule has 1 spiro atoms. The summed E-state index contributed by atoms with van der Waals surface area (Å²) in [7, 11) is 0. The number of hydrogen-bond acceptors (Lipinski definition) is 1. The molecule has 0 atom stereocenters. The van der Waals surface area contributed by atoms with Gasteiger partial charge in [-0.15, -0.1) is 0 Å². The van der Waals surface area contributed by atoms with Crippen LogP contribution < -0.4 is 4.90 Å². The van der Waals surface area contributed by atoms with Crippen LogP contribution in [0.1, 0.15) is 47.2 Å². The van der Waals surface area contributed by atoms with Crippen molar-refractivity contribution in [1.29, 1.82) is 0 Å². The molecular weight excluding hydrogens is 687 g/mol. The Balaban J connectivity index is 1.01. The van der Waals surface area contributed by atoms with E-state index in [0.717, 1.165) is 17.1 Å². The van der Waals surface area contributed by atoms with Crippen molar-refractivity contribution in [3.63, 3.8) is 0 Å². The lowest BCUT2D eigenvalue weighted by atomic mass is 9.55. The van der Waals surface area contributed by atoms with Gasteiger partial charge in [0.05, 0.1) is 5.41 Å². The van der Waals surface area contributed by atoms with Crippen molar-refractivity contribution < 1.29 is 0 Å². The van der Waals surface area contributed by atoms with Crippen LogP contribution in [-0.4, -0.2) is 0 Å². The fourth-order valence-corrected chi connectivity index (χ4v) is 10.1. The summed E-state index contributed by atoms with van der Waals surface area (Å²) in [6.45, 7) is 4.77. The zero-order valence-corrected chi connectivity index (χ0v) is 32.2. The number of anilines is 3. The van der Waals surface area contributed by atoms with Gasteiger partial charge in [0, 0.05) is 22.5 Å². The van der Waals surface area contributed by atoms with E-state index in [9.17, 15) is 0 Å². The van der Waals surface area contributed by atoms with E-state index in [0.29, 0.717) is 0 Å². The highest BCUT2D eigenvalue weighted by atomic mass is 15.1. The van der Waals surface area contributed by atoms with Gasteiger partial charge in [0.2, 0.25) is 0 Å². The van der Waals surface area contributed by atoms with Gasteiger partial charge >= 0.3 is 0 Å². The monoisotopic (exact) mass is 727 g/mol. The number of nitrogens with zero attached hydrogens (tertiary/aromatic N) is 1. The number of para-hydroxylation sites is 1. The molecule has 9 aromatic carbocycles. The number of hydrogen-bond donors (Lipinski definition) is 0. The second kappa shape index (κ2) is 12.8. The summed E-state index contributed by atoms with van der Waals surface area (Å²) in [6, 6.07) is 78.6. The zero-order valence-electron chi connectivity index (χ0n) is 32.2. The summed E-state index contributed by atoms with van der Waals surface area (Å²) in [5, 5.41) is 2.47. The minimum atomic E-state index is -0.409. The molecule has 0 fully saturated rings. The van der Waals surface area contributed by atoms with Gasteiger partial charge in [-0.25, -0.2) is 0 Å². The van der Waals surface area contributed by atoms with E-state index in [1.807, 2.05) is 0 Å². The van der Waals surface area contributed by atoms with E-state index in [-0.39, 0.29) is 5.41 Å². The molecule has 0 heterocycles. The van der Waals surface area contributed by atoms with Crippen LogP contribution in [0, 0.1) is 0 Å². The molecule has 0 bridgehead atoms. The Labute approximate surface area is 335 Å². The van der Waals surface area contributed by atoms with Gasteiger partial charge < -0.3 is 4.90 Å². The zero-order chi connectivity index (χ0) is 38.1. The molecule has 0 saturated heterocycles. The molecule has 2 aliphatic carbocycles. The van der Waals surface area contributed by atoms with Crippen LogP contribution in [-0.2, 0) is 10.8 Å². The van der Waals surface area contributed by atoms with Crippen molar-refractivity contribution in [3.05, 3.63) is 246 Å². The van der Waals surface area contributed by atoms with Crippen LogP contribution >= 0.6 is 0 Å². The van der Waals surface area contributed by atoms with Crippen LogP contribution in [0.5, 0.6) is 0 Å². The smallest absolute Gasteiger partial charge is 0.0719 e. The maximum absolute atomic E-state index is 2.49. The SMILES string of the molecule is CC1(C)c2ccccc2C2(c3ccccc3-c3ccc(-c4cccc(-c5ccc(N(c6ccccc6)c6ccc7ccccc7c6)cc5)c4)cc32)c2ccccc21. The van der Waals surface area contributed by atoms with Crippen molar-refractivity contribution in [2.24, 2.45) is 0 Å². The molecule has 0 N–H and O–H groups in total. The number of fused-ring (bicyclic) bond motifs is 10. The Kier molecular flexibility index (Phi) is 7.50. The molecule has 0 saturated carbocycles. The molecule has 1 nitrogen and oxygen atoms in total. The third-order valence-corrected chi connectivity index (χ3v) is 12.7. The van der Waals surface area contributed by atoms with Crippen molar-refractivity contribution in [2.45, 2.75) is 24.7 Å². The molecule has 270 valence electrons. The van der Waals surface area contributed by atoms with Crippen molar-refractivity contribution in [1.82, 2.24) is 0 Å². The summed E-state index contributed by atoms with van der Waals surface area (Å²) in [4.78, 5) is 2.34. The highest BCUT2D eigenvalue weighted by molar-refractivity contribution is 5.92. The molecule has 9 aromatic rings. The fraction of sp³-hybridized carbons (Fsp3) is 0.0714. The molecule has 0 aliphatic heterocycles. The summed E-state index contributed by atoms with van der Waals surface area (Å²) < 4.78 is 0. The summed E-state index contributed by atoms with van der Waals surface area (Å²) >= 11 is 0. The summed E-state index contributed by atoms with van der Waals surface area (Å²) in [5.74, 6) is 0. The van der Waals surface area contributed by atoms with Gasteiger partial charge in [0.1, 0.15) is 0 Å². The Bertz CT molecular complexity index is 2940. The third kappa shape index (κ3) is 5.02. The largest absolute Gasteiger partial charge is 0.310 e. The average molecular weight is 728 g/mol. The van der Waals surface area contributed by atoms with Crippen LogP contribution in [0.3, 0.4) is 0 Å². The molecule has 0 unspecified atom stereocenters. The fourth-order valence-electron chi connectivity index (χ4n) is 10.1. The maximum Gasteiger partial charge on any atom is 0.0719 e. The standard InChI is InChI=1S/C56H41N/c1-55(2)50-23-10-12-25-52(50)56(53-26-13-11-24-51(53)55)49-22-9-8-21-47(49)48-34-30-43(37-54(48)56)41-18-14-17-40(35-41)39-27-31-45(32-28-39)57(44-19-4-3-5-20-44)46-33-29-38-15-6-7-16-42(38)36-46/h3-37H,1-2H3. The number of benzene rings is 9. The van der Waals surface area contributed by atoms with E-state index in [4.69, 9.17) is 0 Å². The lowest BCUT2D eigenvalue weighted by molar-refractivity contribution is 0.563. The van der Waals surface area contributed by atoms with Crippen molar-refractivity contribution >= 4 is 27.8 Å². The van der Waals surface area contributed by atoms with Crippen LogP contribution in [0.25, 0.3) is 44.2 Å². The Morgan fingerprint density at radius 3 is 1.53 bits per heavy atom. The van der Waals surface area contributed by atoms with E-state index in [2.05, 4.69) is 231 Å². The van der Waals surface area contributed by atoms with Crippen LogP contribution in [0.2, 0.25) is 0 Å². The lowest BCUT2D eigenvalue weighted by Gasteiger charge is -2.46. The molecule has 0 radical (unpaired) electrons. The van der Waals surface area contributed by atoms with Gasteiger partial charge in [-0.2, -0.15) is 0 Å². The Hall–Kier alpha value is -6.96. The highest BCUT2D eigenvalue weighted by Gasteiger charge is 2.53. The molecule has 0 amide bonds. The molecule has 0 aromatic heterocycles. The van der Waals surface area contributed by atoms with Gasteiger partial charge in [-0.05, 0) is 126 Å². The highest BCUT2D eigenvalue weighted by Crippen LogP contribution is 2.62. The van der Waals surface area contributed by atoms with Gasteiger partial charge in [0.15, 0.2) is 0 Å². The first-order valence-electron chi connectivity index (χ1n) is 20.0. The van der Waals surface area contributed by atoms with Crippen LogP contribution in [0.4, 0.5) is 17.1 Å². The minimum absolute atomic E-state index is 0.120. The van der Waals surface area contributed by atoms with E-state index in [1.54, 1.807) is 0 Å². The topological polar surface area (TPSA) is 3.24 Å². The quantitative estimate of drug-likeness (QED) is 0.171. The van der Waals surface area contributed by atoms with E-state index < -0.39 is 5.41 Å². The maximum atomic E-state index is 2.49. The molecular formula is C56H41N. The van der Waals surface area contributed by atoms with Gasteiger partial charge in [0.25, 0.3) is 0 Å². The predicted octanol–water partition coefficient (Wildman–Crippen LogP) is 14.6. The molecule has 57 heavy (non-hydrogen) atoms. The Morgan fingerprint density at radius 1 is 0.298 bits per heavy atom. The number of rotatable bonds is 5. The van der Waals surface area contributed by atoms with Crippen molar-refractivity contribution in [3.8, 4) is 33.4 Å². The van der Waals surface area contributed by atoms with Gasteiger partial charge in [-0.3, -0.25) is 0 Å². The normalized spacial score (nSPS) is 14.1. The molecule has 1 heteroatoms. The predicted molar refractivity (Wildman–Crippen MR) is 239 cm³/mol. The lowest BCUT2D eigenvalue weighted by Crippen LogP contribution is -2.40. The van der Waals surface area contributed by atoms with Crippen molar-refractivity contribution in [2.75, 3.05) is 4.90 Å². The van der Waals surface area contributed by atoms with Gasteiger partial charge in [-0.1, -0.05) is 178 Å². The second-order valence-electron chi connectivity index (χ2n) is 16.1. The van der Waals surface area contributed by atoms with E-state index >= 15 is 0 Å². The average Bonchev–Trinajstić information content (AvgIpc) is 3.57. The van der Waals surface area contributed by atoms with Crippen LogP contribution in [0.15, 0.2) is 212 Å². The first kappa shape index (κ1) is 33.4. The minimum Gasteiger partial charge on any atom is -0.310 e. The molecule has 2 aliphatic rings. The molecule has 11 rings (SSSR count). The Morgan fingerprint density at radius 2 is 0.807 bits per heavy atom. The van der Waals surface area contributed by atoms with E-state index in [1.165, 1.54) is 77.5 Å². The summed E-state index contributed by atoms with van der Waals surface area (Å²) in [5.41, 5.74) is 18.6. The summed E-state index contributed by atoms with van der Waals surface area (Å²) in [6.07, 6.45) is 0.